The summed E-state index contributed by atoms with van der Waals surface area (Å²) < 4.78 is 0. The second kappa shape index (κ2) is 12.3. The number of nitrogens with one attached hydrogen (secondary N) is 1. The Bertz CT molecular complexity index is 1150. The van der Waals surface area contributed by atoms with Crippen molar-refractivity contribution in [1.29, 1.82) is 0 Å². The van der Waals surface area contributed by atoms with Crippen LogP contribution < -0.4 is 5.32 Å². The molecular weight excluding hydrogens is 426 g/mol. The molecule has 0 spiro atoms. The summed E-state index contributed by atoms with van der Waals surface area (Å²) in [6.45, 7) is 5.39. The van der Waals surface area contributed by atoms with Gasteiger partial charge in [-0.1, -0.05) is 92.7 Å². The van der Waals surface area contributed by atoms with E-state index in [9.17, 15) is 5.11 Å². The molecule has 0 fully saturated rings. The third kappa shape index (κ3) is 6.99. The number of benzene rings is 4. The van der Waals surface area contributed by atoms with Gasteiger partial charge in [0.2, 0.25) is 0 Å². The van der Waals surface area contributed by atoms with Crippen LogP contribution in [0.4, 0.5) is 5.69 Å². The molecule has 0 bridgehead atoms. The third-order valence-corrected chi connectivity index (χ3v) is 7.07. The third-order valence-electron chi connectivity index (χ3n) is 7.07. The van der Waals surface area contributed by atoms with E-state index in [4.69, 9.17) is 0 Å². The second-order valence-corrected chi connectivity index (χ2v) is 9.49. The largest absolute Gasteiger partial charge is 0.508 e. The fourth-order valence-electron chi connectivity index (χ4n) is 4.85. The Hall–Kier alpha value is -3.52. The average Bonchev–Trinajstić information content (AvgIpc) is 2.91. The molecule has 4 rings (SSSR count). The maximum atomic E-state index is 9.41. The van der Waals surface area contributed by atoms with Crippen molar-refractivity contribution in [1.82, 2.24) is 0 Å². The van der Waals surface area contributed by atoms with Crippen LogP contribution in [0.2, 0.25) is 0 Å². The smallest absolute Gasteiger partial charge is 0.115 e. The topological polar surface area (TPSA) is 32.3 Å². The number of phenolic OH excluding ortho intramolecular Hbond substituents is 1. The van der Waals surface area contributed by atoms with Gasteiger partial charge in [-0.3, -0.25) is 0 Å². The molecule has 4 aromatic rings. The summed E-state index contributed by atoms with van der Waals surface area (Å²) >= 11 is 0. The minimum atomic E-state index is 0.287. The maximum Gasteiger partial charge on any atom is 0.115 e. The molecule has 0 amide bonds. The molecule has 0 aliphatic carbocycles. The van der Waals surface area contributed by atoms with Crippen molar-refractivity contribution in [3.05, 3.63) is 131 Å². The van der Waals surface area contributed by atoms with Crippen molar-refractivity contribution in [2.75, 3.05) is 5.32 Å². The van der Waals surface area contributed by atoms with Crippen molar-refractivity contribution in [2.24, 2.45) is 0 Å². The van der Waals surface area contributed by atoms with Gasteiger partial charge in [0, 0.05) is 12.2 Å². The fourth-order valence-corrected chi connectivity index (χ4v) is 4.85. The zero-order valence-electron chi connectivity index (χ0n) is 21.0. The summed E-state index contributed by atoms with van der Waals surface area (Å²) in [5.41, 5.74) is 7.85. The molecule has 0 radical (unpaired) electrons. The van der Waals surface area contributed by atoms with Crippen molar-refractivity contribution in [3.8, 4) is 5.75 Å². The van der Waals surface area contributed by atoms with Gasteiger partial charge >= 0.3 is 0 Å². The summed E-state index contributed by atoms with van der Waals surface area (Å²) in [4.78, 5) is 0. The average molecular weight is 464 g/mol. The van der Waals surface area contributed by atoms with E-state index in [0.29, 0.717) is 11.8 Å². The monoisotopic (exact) mass is 463 g/mol. The van der Waals surface area contributed by atoms with E-state index in [1.807, 2.05) is 12.1 Å². The summed E-state index contributed by atoms with van der Waals surface area (Å²) in [6, 6.07) is 36.3. The van der Waals surface area contributed by atoms with E-state index in [1.165, 1.54) is 47.1 Å². The minimum absolute atomic E-state index is 0.287. The van der Waals surface area contributed by atoms with Crippen LogP contribution in [-0.4, -0.2) is 5.11 Å². The first-order valence-electron chi connectivity index (χ1n) is 12.9. The van der Waals surface area contributed by atoms with Gasteiger partial charge in [0.1, 0.15) is 5.75 Å². The van der Waals surface area contributed by atoms with Gasteiger partial charge in [-0.05, 0) is 89.6 Å². The SMILES string of the molecule is CCC(CC(CC)c1ccc(Cc2ccc(CNc3ccc(O)cc3)cc2)cc1)c1ccccc1. The van der Waals surface area contributed by atoms with Gasteiger partial charge in [-0.2, -0.15) is 0 Å². The second-order valence-electron chi connectivity index (χ2n) is 9.49. The van der Waals surface area contributed by atoms with Crippen LogP contribution in [0.5, 0.6) is 5.75 Å². The Morgan fingerprint density at radius 2 is 1.11 bits per heavy atom. The molecule has 180 valence electrons. The van der Waals surface area contributed by atoms with Crippen LogP contribution in [0.25, 0.3) is 0 Å². The van der Waals surface area contributed by atoms with E-state index in [1.54, 1.807) is 12.1 Å². The van der Waals surface area contributed by atoms with Gasteiger partial charge in [-0.25, -0.2) is 0 Å². The molecule has 2 atom stereocenters. The van der Waals surface area contributed by atoms with Crippen LogP contribution in [0.1, 0.15) is 72.8 Å². The molecule has 4 aromatic carbocycles. The highest BCUT2D eigenvalue weighted by atomic mass is 16.3. The quantitative estimate of drug-likeness (QED) is 0.218. The zero-order valence-corrected chi connectivity index (χ0v) is 21.0. The lowest BCUT2D eigenvalue weighted by Gasteiger charge is -2.23. The molecule has 35 heavy (non-hydrogen) atoms. The first-order valence-corrected chi connectivity index (χ1v) is 12.9. The molecule has 0 aliphatic rings. The van der Waals surface area contributed by atoms with E-state index >= 15 is 0 Å². The lowest BCUT2D eigenvalue weighted by Crippen LogP contribution is -2.06. The fraction of sp³-hybridized carbons (Fsp3) is 0.273. The molecule has 0 saturated carbocycles. The van der Waals surface area contributed by atoms with Crippen molar-refractivity contribution < 1.29 is 5.11 Å². The highest BCUT2D eigenvalue weighted by Gasteiger charge is 2.17. The van der Waals surface area contributed by atoms with Gasteiger partial charge in [-0.15, -0.1) is 0 Å². The van der Waals surface area contributed by atoms with Crippen molar-refractivity contribution in [2.45, 2.75) is 57.9 Å². The van der Waals surface area contributed by atoms with Gasteiger partial charge in [0.15, 0.2) is 0 Å². The normalized spacial score (nSPS) is 12.7. The number of aromatic hydroxyl groups is 1. The molecule has 2 heteroatoms. The molecule has 0 aromatic heterocycles. The van der Waals surface area contributed by atoms with Crippen LogP contribution >= 0.6 is 0 Å². The van der Waals surface area contributed by atoms with E-state index < -0.39 is 0 Å². The van der Waals surface area contributed by atoms with Crippen LogP contribution in [0.15, 0.2) is 103 Å². The molecule has 0 heterocycles. The Labute approximate surface area is 210 Å². The highest BCUT2D eigenvalue weighted by Crippen LogP contribution is 2.34. The van der Waals surface area contributed by atoms with E-state index in [-0.39, 0.29) is 5.75 Å². The standard InChI is InChI=1S/C33H37NO/c1-3-28(30-8-6-5-7-9-30)23-29(4-2)31-16-14-26(15-17-31)22-25-10-12-27(13-11-25)24-34-32-18-20-33(35)21-19-32/h5-21,28-29,34-35H,3-4,22-24H2,1-2H3. The number of hydrogen-bond acceptors (Lipinski definition) is 2. The molecule has 0 saturated heterocycles. The zero-order chi connectivity index (χ0) is 24.5. The molecule has 2 N–H and O–H groups in total. The van der Waals surface area contributed by atoms with Crippen molar-refractivity contribution in [3.63, 3.8) is 0 Å². The Morgan fingerprint density at radius 3 is 1.69 bits per heavy atom. The highest BCUT2D eigenvalue weighted by molar-refractivity contribution is 5.46. The van der Waals surface area contributed by atoms with E-state index in [0.717, 1.165) is 18.7 Å². The number of anilines is 1. The Morgan fingerprint density at radius 1 is 0.600 bits per heavy atom. The molecule has 0 aliphatic heterocycles. The summed E-state index contributed by atoms with van der Waals surface area (Å²) in [5.74, 6) is 1.49. The van der Waals surface area contributed by atoms with Crippen LogP contribution in [-0.2, 0) is 13.0 Å². The molecule has 2 unspecified atom stereocenters. The minimum Gasteiger partial charge on any atom is -0.508 e. The van der Waals surface area contributed by atoms with Gasteiger partial charge < -0.3 is 10.4 Å². The van der Waals surface area contributed by atoms with Gasteiger partial charge in [0.05, 0.1) is 0 Å². The van der Waals surface area contributed by atoms with E-state index in [2.05, 4.69) is 98.0 Å². The van der Waals surface area contributed by atoms with Gasteiger partial charge in [0.25, 0.3) is 0 Å². The lowest BCUT2D eigenvalue weighted by molar-refractivity contribution is 0.475. The predicted octanol–water partition coefficient (Wildman–Crippen LogP) is 8.67. The molecular formula is C33H37NO. The first-order chi connectivity index (χ1) is 17.1. The number of phenols is 1. The van der Waals surface area contributed by atoms with Crippen LogP contribution in [0, 0.1) is 0 Å². The lowest BCUT2D eigenvalue weighted by atomic mass is 9.82. The summed E-state index contributed by atoms with van der Waals surface area (Å²) in [7, 11) is 0. The molecule has 2 nitrogen and oxygen atoms in total. The Kier molecular flexibility index (Phi) is 8.62. The number of rotatable bonds is 11. The Balaban J connectivity index is 1.33. The maximum absolute atomic E-state index is 9.41. The predicted molar refractivity (Wildman–Crippen MR) is 148 cm³/mol. The first kappa shape index (κ1) is 24.6. The van der Waals surface area contributed by atoms with Crippen LogP contribution in [0.3, 0.4) is 0 Å². The van der Waals surface area contributed by atoms with Crippen molar-refractivity contribution >= 4 is 5.69 Å². The number of hydrogen-bond donors (Lipinski definition) is 2. The summed E-state index contributed by atoms with van der Waals surface area (Å²) in [5, 5.41) is 12.8. The summed E-state index contributed by atoms with van der Waals surface area (Å²) in [6.07, 6.45) is 4.50.